The molecule has 0 aliphatic carbocycles. The summed E-state index contributed by atoms with van der Waals surface area (Å²) in [4.78, 5) is 29.8. The standard InChI is InChI=1S/C19H25N5O3/c1-27-6-5-23-12-21-10-15(23)11-22-19(26)18-14-7-13(8-20-9-14)16-3-2-4-17(25)24(16)18/h2-4,10,12-14,18,20H,5-9,11H2,1H3,(H,22,26)/t13-,14+,18-/m1/s1. The van der Waals surface area contributed by atoms with Crippen LogP contribution in [0.3, 0.4) is 0 Å². The number of amides is 1. The number of hydrogen-bond donors (Lipinski definition) is 2. The fourth-order valence-corrected chi connectivity index (χ4v) is 4.30. The molecule has 8 heteroatoms. The van der Waals surface area contributed by atoms with Crippen molar-refractivity contribution in [3.8, 4) is 0 Å². The van der Waals surface area contributed by atoms with Crippen LogP contribution in [0.15, 0.2) is 35.5 Å². The zero-order valence-electron chi connectivity index (χ0n) is 15.4. The fourth-order valence-electron chi connectivity index (χ4n) is 4.30. The number of carbonyl (C=O) groups excluding carboxylic acids is 1. The molecule has 2 aromatic heterocycles. The number of piperidine rings is 1. The highest BCUT2D eigenvalue weighted by Gasteiger charge is 2.41. The number of nitrogens with one attached hydrogen (secondary N) is 2. The van der Waals surface area contributed by atoms with Crippen molar-refractivity contribution in [1.82, 2.24) is 24.8 Å². The first-order valence-electron chi connectivity index (χ1n) is 9.37. The normalized spacial score (nSPS) is 23.7. The molecule has 4 rings (SSSR count). The first-order chi connectivity index (χ1) is 13.2. The van der Waals surface area contributed by atoms with Gasteiger partial charge in [0.25, 0.3) is 5.56 Å². The number of aromatic nitrogens is 3. The van der Waals surface area contributed by atoms with Gasteiger partial charge in [-0.25, -0.2) is 4.98 Å². The van der Waals surface area contributed by atoms with Gasteiger partial charge in [0, 0.05) is 56.5 Å². The fraction of sp³-hybridized carbons (Fsp3) is 0.526. The van der Waals surface area contributed by atoms with Crippen molar-refractivity contribution < 1.29 is 9.53 Å². The summed E-state index contributed by atoms with van der Waals surface area (Å²) in [6.45, 7) is 3.24. The maximum atomic E-state index is 13.1. The maximum absolute atomic E-state index is 13.1. The molecule has 0 aromatic carbocycles. The van der Waals surface area contributed by atoms with E-state index in [1.807, 2.05) is 10.6 Å². The van der Waals surface area contributed by atoms with E-state index in [1.54, 1.807) is 30.3 Å². The van der Waals surface area contributed by atoms with Gasteiger partial charge in [0.1, 0.15) is 6.04 Å². The first kappa shape index (κ1) is 17.9. The lowest BCUT2D eigenvalue weighted by Crippen LogP contribution is -2.52. The molecular weight excluding hydrogens is 346 g/mol. The van der Waals surface area contributed by atoms with Gasteiger partial charge < -0.3 is 19.9 Å². The molecule has 8 nitrogen and oxygen atoms in total. The van der Waals surface area contributed by atoms with Crippen molar-refractivity contribution in [1.29, 1.82) is 0 Å². The molecule has 144 valence electrons. The number of hydrogen-bond acceptors (Lipinski definition) is 5. The Hall–Kier alpha value is -2.45. The zero-order chi connectivity index (χ0) is 18.8. The van der Waals surface area contributed by atoms with E-state index in [0.29, 0.717) is 19.7 Å². The highest BCUT2D eigenvalue weighted by Crippen LogP contribution is 2.38. The molecule has 27 heavy (non-hydrogen) atoms. The number of ether oxygens (including phenoxy) is 1. The topological polar surface area (TPSA) is 90.2 Å². The van der Waals surface area contributed by atoms with Crippen molar-refractivity contribution in [3.63, 3.8) is 0 Å². The van der Waals surface area contributed by atoms with Gasteiger partial charge in [-0.1, -0.05) is 6.07 Å². The summed E-state index contributed by atoms with van der Waals surface area (Å²) < 4.78 is 8.77. The molecule has 2 bridgehead atoms. The Bertz CT molecular complexity index is 874. The predicted octanol–water partition coefficient (Wildman–Crippen LogP) is 0.255. The van der Waals surface area contributed by atoms with Crippen LogP contribution in [0.2, 0.25) is 0 Å². The lowest BCUT2D eigenvalue weighted by molar-refractivity contribution is -0.127. The smallest absolute Gasteiger partial charge is 0.251 e. The van der Waals surface area contributed by atoms with E-state index in [0.717, 1.165) is 30.9 Å². The van der Waals surface area contributed by atoms with E-state index >= 15 is 0 Å². The Morgan fingerprint density at radius 3 is 3.15 bits per heavy atom. The summed E-state index contributed by atoms with van der Waals surface area (Å²) in [5.41, 5.74) is 1.77. The lowest BCUT2D eigenvalue weighted by atomic mass is 9.79. The second-order valence-electron chi connectivity index (χ2n) is 7.24. The minimum Gasteiger partial charge on any atom is -0.383 e. The maximum Gasteiger partial charge on any atom is 0.251 e. The van der Waals surface area contributed by atoms with E-state index in [1.165, 1.54) is 6.07 Å². The molecule has 1 fully saturated rings. The average Bonchev–Trinajstić information content (AvgIpc) is 3.13. The SMILES string of the molecule is COCCn1cncc1CNC(=O)[C@H]1[C@@H]2CNC[C@@H](C2)c2cccc(=O)n21. The van der Waals surface area contributed by atoms with Crippen LogP contribution in [0.4, 0.5) is 0 Å². The molecule has 1 amide bonds. The van der Waals surface area contributed by atoms with Gasteiger partial charge in [-0.15, -0.1) is 0 Å². The molecule has 2 aromatic rings. The predicted molar refractivity (Wildman–Crippen MR) is 99.4 cm³/mol. The number of methoxy groups -OCH3 is 1. The molecular formula is C19H25N5O3. The summed E-state index contributed by atoms with van der Waals surface area (Å²) in [6, 6.07) is 4.81. The summed E-state index contributed by atoms with van der Waals surface area (Å²) in [6.07, 6.45) is 4.41. The van der Waals surface area contributed by atoms with Crippen LogP contribution in [-0.4, -0.2) is 46.8 Å². The van der Waals surface area contributed by atoms with Crippen LogP contribution in [0.1, 0.15) is 29.8 Å². The summed E-state index contributed by atoms with van der Waals surface area (Å²) in [5.74, 6) is 0.295. The molecule has 2 N–H and O–H groups in total. The summed E-state index contributed by atoms with van der Waals surface area (Å²) >= 11 is 0. The van der Waals surface area contributed by atoms with Crippen molar-refractivity contribution in [3.05, 3.63) is 52.5 Å². The van der Waals surface area contributed by atoms with E-state index in [-0.39, 0.29) is 23.3 Å². The quantitative estimate of drug-likeness (QED) is 0.760. The Labute approximate surface area is 157 Å². The van der Waals surface area contributed by atoms with E-state index in [2.05, 4.69) is 15.6 Å². The van der Waals surface area contributed by atoms with Crippen LogP contribution in [0.5, 0.6) is 0 Å². The minimum absolute atomic E-state index is 0.102. The van der Waals surface area contributed by atoms with Gasteiger partial charge in [-0.05, 0) is 12.5 Å². The van der Waals surface area contributed by atoms with Gasteiger partial charge in [-0.2, -0.15) is 0 Å². The average molecular weight is 371 g/mol. The molecule has 0 spiro atoms. The van der Waals surface area contributed by atoms with Crippen LogP contribution < -0.4 is 16.2 Å². The number of imidazole rings is 1. The Kier molecular flexibility index (Phi) is 5.09. The van der Waals surface area contributed by atoms with E-state index in [9.17, 15) is 9.59 Å². The Morgan fingerprint density at radius 2 is 2.30 bits per heavy atom. The largest absolute Gasteiger partial charge is 0.383 e. The summed E-state index contributed by atoms with van der Waals surface area (Å²) in [7, 11) is 1.65. The van der Waals surface area contributed by atoms with Gasteiger partial charge in [0.05, 0.1) is 25.2 Å². The number of nitrogens with zero attached hydrogens (tertiary/aromatic N) is 3. The van der Waals surface area contributed by atoms with Crippen molar-refractivity contribution >= 4 is 5.91 Å². The molecule has 1 saturated heterocycles. The second-order valence-corrected chi connectivity index (χ2v) is 7.24. The van der Waals surface area contributed by atoms with Crippen molar-refractivity contribution in [2.24, 2.45) is 5.92 Å². The zero-order valence-corrected chi connectivity index (χ0v) is 15.4. The van der Waals surface area contributed by atoms with Gasteiger partial charge in [-0.3, -0.25) is 14.2 Å². The third-order valence-electron chi connectivity index (χ3n) is 5.60. The highest BCUT2D eigenvalue weighted by atomic mass is 16.5. The molecule has 2 aliphatic rings. The first-order valence-corrected chi connectivity index (χ1v) is 9.37. The number of carbonyl (C=O) groups is 1. The third kappa shape index (κ3) is 3.42. The third-order valence-corrected chi connectivity index (χ3v) is 5.60. The van der Waals surface area contributed by atoms with Gasteiger partial charge >= 0.3 is 0 Å². The molecule has 4 heterocycles. The number of rotatable bonds is 6. The molecule has 2 aliphatic heterocycles. The Balaban J connectivity index is 1.54. The number of pyridine rings is 1. The van der Waals surface area contributed by atoms with Crippen LogP contribution >= 0.6 is 0 Å². The molecule has 0 radical (unpaired) electrons. The van der Waals surface area contributed by atoms with Crippen LogP contribution in [0.25, 0.3) is 0 Å². The van der Waals surface area contributed by atoms with E-state index in [4.69, 9.17) is 4.74 Å². The van der Waals surface area contributed by atoms with Gasteiger partial charge in [0.15, 0.2) is 0 Å². The van der Waals surface area contributed by atoms with Crippen LogP contribution in [-0.2, 0) is 22.6 Å². The highest BCUT2D eigenvalue weighted by molar-refractivity contribution is 5.81. The lowest BCUT2D eigenvalue weighted by Gasteiger charge is -2.42. The van der Waals surface area contributed by atoms with Crippen molar-refractivity contribution in [2.45, 2.75) is 31.5 Å². The number of fused-ring (bicyclic) bond motifs is 4. The molecule has 3 atom stereocenters. The minimum atomic E-state index is -0.479. The van der Waals surface area contributed by atoms with Gasteiger partial charge in [0.2, 0.25) is 5.91 Å². The molecule has 0 unspecified atom stereocenters. The second kappa shape index (κ2) is 7.66. The van der Waals surface area contributed by atoms with Crippen LogP contribution in [0, 0.1) is 5.92 Å². The summed E-state index contributed by atoms with van der Waals surface area (Å²) in [5, 5.41) is 6.43. The molecule has 0 saturated carbocycles. The monoisotopic (exact) mass is 371 g/mol. The van der Waals surface area contributed by atoms with E-state index < -0.39 is 6.04 Å². The Morgan fingerprint density at radius 1 is 1.41 bits per heavy atom. The van der Waals surface area contributed by atoms with Crippen molar-refractivity contribution in [2.75, 3.05) is 26.8 Å².